The number of carbonyl (C=O) groups is 1. The van der Waals surface area contributed by atoms with E-state index in [0.29, 0.717) is 37.5 Å². The van der Waals surface area contributed by atoms with Crippen molar-refractivity contribution in [3.8, 4) is 11.8 Å². The molecule has 1 saturated carbocycles. The summed E-state index contributed by atoms with van der Waals surface area (Å²) in [6, 6.07) is 9.49. The van der Waals surface area contributed by atoms with Gasteiger partial charge in [-0.25, -0.2) is 4.98 Å². The van der Waals surface area contributed by atoms with Crippen LogP contribution < -0.4 is 19.9 Å². The van der Waals surface area contributed by atoms with Crippen LogP contribution in [0.2, 0.25) is 0 Å². The van der Waals surface area contributed by atoms with E-state index >= 15 is 0 Å². The third kappa shape index (κ3) is 5.31. The average molecular weight is 622 g/mol. The number of pyridine rings is 1. The number of carbonyl (C=O) groups excluding carboxylic acids is 1. The summed E-state index contributed by atoms with van der Waals surface area (Å²) in [6.45, 7) is 2.70. The van der Waals surface area contributed by atoms with Crippen LogP contribution in [0.15, 0.2) is 30.5 Å². The predicted molar refractivity (Wildman–Crippen MR) is 159 cm³/mol. The van der Waals surface area contributed by atoms with Gasteiger partial charge in [-0.15, -0.1) is 25.0 Å². The van der Waals surface area contributed by atoms with E-state index < -0.39 is 28.5 Å². The largest absolute Gasteiger partial charge is 0.493 e. The number of nitrogens with zero attached hydrogens (tertiary/aromatic N) is 4. The highest BCUT2D eigenvalue weighted by atomic mass is 35.5. The van der Waals surface area contributed by atoms with Crippen LogP contribution in [0.25, 0.3) is 0 Å². The van der Waals surface area contributed by atoms with Gasteiger partial charge >= 0.3 is 6.18 Å². The number of anilines is 2. The number of nitrogens with one attached hydrogen (secondary N) is 1. The molecule has 1 aliphatic carbocycles. The molecule has 3 atom stereocenters. The van der Waals surface area contributed by atoms with Gasteiger partial charge in [-0.1, -0.05) is 6.92 Å². The minimum atomic E-state index is -4.78. The monoisotopic (exact) mass is 621 g/mol. The third-order valence-corrected chi connectivity index (χ3v) is 9.80. The van der Waals surface area contributed by atoms with Gasteiger partial charge in [0.25, 0.3) is 5.91 Å². The number of thiol groups is 1. The fourth-order valence-corrected chi connectivity index (χ4v) is 7.73. The molecule has 4 fully saturated rings. The van der Waals surface area contributed by atoms with Crippen LogP contribution in [0, 0.1) is 17.2 Å². The molecule has 2 bridgehead atoms. The minimum absolute atomic E-state index is 0. The number of hydrogen-bond donors (Lipinski definition) is 2. The number of ether oxygens (including phenoxy) is 1. The summed E-state index contributed by atoms with van der Waals surface area (Å²) in [6.07, 6.45) is 5.07. The fourth-order valence-electron chi connectivity index (χ4n) is 7.14. The van der Waals surface area contributed by atoms with Gasteiger partial charge in [-0.2, -0.15) is 18.4 Å². The van der Waals surface area contributed by atoms with E-state index in [1.54, 1.807) is 0 Å². The number of amides is 1. The molecule has 4 aliphatic rings. The van der Waals surface area contributed by atoms with E-state index in [2.05, 4.69) is 17.2 Å². The zero-order valence-electron chi connectivity index (χ0n) is 23.4. The van der Waals surface area contributed by atoms with Crippen molar-refractivity contribution in [2.45, 2.75) is 94.0 Å². The van der Waals surface area contributed by atoms with Crippen molar-refractivity contribution in [1.29, 1.82) is 5.26 Å². The average Bonchev–Trinajstić information content (AvgIpc) is 3.39. The van der Waals surface area contributed by atoms with E-state index in [1.807, 2.05) is 23.1 Å². The van der Waals surface area contributed by atoms with E-state index in [4.69, 9.17) is 22.6 Å². The van der Waals surface area contributed by atoms with Gasteiger partial charge in [0.1, 0.15) is 17.4 Å². The van der Waals surface area contributed by atoms with Crippen molar-refractivity contribution in [2.24, 2.45) is 5.92 Å². The topological polar surface area (TPSA) is 81.5 Å². The number of nitriles is 1. The standard InChI is InChI=1S/C30H34F3N5O2S.ClH/c1-2-19-14-22(6-7-26(19)40-11-8-18-12-20-4-5-21(13-18)36-20)38-28(41)37(27(39)29(38)9-3-10-29)23-15-24(30(31,32)33)25(16-34)35-17-23;/h6-7,14-15,17-18,20-21,28,36,41H,2-5,8-13H2,1H3;1H. The lowest BCUT2D eigenvalue weighted by atomic mass is 9.75. The van der Waals surface area contributed by atoms with Crippen molar-refractivity contribution in [1.82, 2.24) is 10.3 Å². The van der Waals surface area contributed by atoms with Crippen LogP contribution in [0.1, 0.15) is 75.1 Å². The molecule has 1 aromatic heterocycles. The number of aryl methyl sites for hydroxylation is 1. The van der Waals surface area contributed by atoms with Crippen LogP contribution in [0.5, 0.6) is 5.75 Å². The molecule has 3 aliphatic heterocycles. The Kier molecular flexibility index (Phi) is 8.63. The van der Waals surface area contributed by atoms with Crippen LogP contribution >= 0.6 is 25.0 Å². The van der Waals surface area contributed by atoms with Gasteiger partial charge in [-0.3, -0.25) is 9.69 Å². The van der Waals surface area contributed by atoms with Crippen molar-refractivity contribution >= 4 is 42.3 Å². The molecule has 0 radical (unpaired) electrons. The summed E-state index contributed by atoms with van der Waals surface area (Å²) in [4.78, 5) is 20.7. The first kappa shape index (κ1) is 30.8. The fraction of sp³-hybridized carbons (Fsp3) is 0.567. The van der Waals surface area contributed by atoms with Gasteiger partial charge in [0.15, 0.2) is 11.2 Å². The zero-order valence-corrected chi connectivity index (χ0v) is 25.1. The van der Waals surface area contributed by atoms with Gasteiger partial charge in [0, 0.05) is 17.8 Å². The van der Waals surface area contributed by atoms with E-state index in [0.717, 1.165) is 48.5 Å². The van der Waals surface area contributed by atoms with Crippen molar-refractivity contribution in [3.63, 3.8) is 0 Å². The Bertz CT molecular complexity index is 1370. The Morgan fingerprint density at radius 3 is 2.50 bits per heavy atom. The van der Waals surface area contributed by atoms with Crippen molar-refractivity contribution < 1.29 is 22.7 Å². The van der Waals surface area contributed by atoms with E-state index in [-0.39, 0.29) is 24.0 Å². The zero-order chi connectivity index (χ0) is 28.9. The number of halogens is 4. The molecule has 3 saturated heterocycles. The normalized spacial score (nSPS) is 26.1. The first-order valence-electron chi connectivity index (χ1n) is 14.4. The maximum atomic E-state index is 13.8. The van der Waals surface area contributed by atoms with Crippen LogP contribution in [0.4, 0.5) is 24.5 Å². The second kappa shape index (κ2) is 11.8. The minimum Gasteiger partial charge on any atom is -0.493 e. The summed E-state index contributed by atoms with van der Waals surface area (Å²) < 4.78 is 47.3. The van der Waals surface area contributed by atoms with Gasteiger partial charge in [-0.05, 0) is 93.5 Å². The van der Waals surface area contributed by atoms with Gasteiger partial charge < -0.3 is 15.0 Å². The maximum Gasteiger partial charge on any atom is 0.419 e. The molecule has 2 aromatic rings. The lowest BCUT2D eigenvalue weighted by Crippen LogP contribution is -2.55. The number of alkyl halides is 3. The number of rotatable bonds is 7. The van der Waals surface area contributed by atoms with Crippen LogP contribution in [-0.4, -0.2) is 40.6 Å². The van der Waals surface area contributed by atoms with Gasteiger partial charge in [0.05, 0.1) is 24.1 Å². The van der Waals surface area contributed by atoms with Crippen LogP contribution in [0.3, 0.4) is 0 Å². The molecule has 226 valence electrons. The lowest BCUT2D eigenvalue weighted by Gasteiger charge is -2.44. The molecule has 3 unspecified atom stereocenters. The summed E-state index contributed by atoms with van der Waals surface area (Å²) in [5.41, 5.74) is -1.87. The quantitative estimate of drug-likeness (QED) is 0.356. The van der Waals surface area contributed by atoms with E-state index in [9.17, 15) is 18.0 Å². The molecule has 42 heavy (non-hydrogen) atoms. The molecule has 6 rings (SSSR count). The summed E-state index contributed by atoms with van der Waals surface area (Å²) in [5, 5.41) is 12.8. The molecule has 7 nitrogen and oxygen atoms in total. The molecule has 12 heteroatoms. The highest BCUT2D eigenvalue weighted by Crippen LogP contribution is 2.51. The maximum absolute atomic E-state index is 13.8. The predicted octanol–water partition coefficient (Wildman–Crippen LogP) is 6.25. The Balaban J connectivity index is 0.00000353. The third-order valence-electron chi connectivity index (χ3n) is 9.34. The molecule has 1 aromatic carbocycles. The highest BCUT2D eigenvalue weighted by Gasteiger charge is 2.60. The van der Waals surface area contributed by atoms with Gasteiger partial charge in [0.2, 0.25) is 0 Å². The molecule has 1 spiro atoms. The first-order chi connectivity index (χ1) is 19.6. The Morgan fingerprint density at radius 2 is 1.90 bits per heavy atom. The SMILES string of the molecule is CCc1cc(N2C(S)N(c3cnc(C#N)c(C(F)(F)F)c3)C(=O)C23CCC3)ccc1OCCC1CC2CCC(C1)N2.Cl. The van der Waals surface area contributed by atoms with Crippen molar-refractivity contribution in [3.05, 3.63) is 47.3 Å². The first-order valence-corrected chi connectivity index (χ1v) is 15.0. The summed E-state index contributed by atoms with van der Waals surface area (Å²) >= 11 is 4.77. The van der Waals surface area contributed by atoms with Crippen LogP contribution in [-0.2, 0) is 17.4 Å². The number of aromatic nitrogens is 1. The Hall–Kier alpha value is -2.68. The Morgan fingerprint density at radius 1 is 1.19 bits per heavy atom. The lowest BCUT2D eigenvalue weighted by molar-refractivity contribution is -0.138. The molecular weight excluding hydrogens is 587 g/mol. The van der Waals surface area contributed by atoms with E-state index in [1.165, 1.54) is 36.7 Å². The number of benzene rings is 1. The number of hydrogen-bond acceptors (Lipinski definition) is 7. The molecule has 1 amide bonds. The highest BCUT2D eigenvalue weighted by molar-refractivity contribution is 7.81. The molecular formula is C30H35ClF3N5O2S. The second-order valence-electron chi connectivity index (χ2n) is 11.7. The second-order valence-corrected chi connectivity index (χ2v) is 12.2. The summed E-state index contributed by atoms with van der Waals surface area (Å²) in [5.74, 6) is 1.19. The summed E-state index contributed by atoms with van der Waals surface area (Å²) in [7, 11) is 0. The molecule has 4 heterocycles. The van der Waals surface area contributed by atoms with Crippen molar-refractivity contribution in [2.75, 3.05) is 16.4 Å². The number of piperidine rings is 1. The Labute approximate surface area is 255 Å². The smallest absolute Gasteiger partial charge is 0.419 e. The molecule has 1 N–H and O–H groups in total. The number of fused-ring (bicyclic) bond motifs is 2.